The Kier molecular flexibility index (Phi) is 4.50. The lowest BCUT2D eigenvalue weighted by Crippen LogP contribution is -2.12. The number of hydrogen-bond donors (Lipinski definition) is 1. The van der Waals surface area contributed by atoms with Crippen molar-refractivity contribution in [3.63, 3.8) is 0 Å². The van der Waals surface area contributed by atoms with Crippen LogP contribution in [0.15, 0.2) is 24.3 Å². The van der Waals surface area contributed by atoms with Crippen molar-refractivity contribution in [2.75, 3.05) is 18.5 Å². The standard InChI is InChI=1S/C14H16ClN3OS/c15-12-6-2-1-5-11(12)13-17-18-14(20-13)16-8-7-10-4-3-9-19-10/h1-2,5-6,10H,3-4,7-9H2,(H,16,18). The Labute approximate surface area is 127 Å². The van der Waals surface area contributed by atoms with E-state index in [1.54, 1.807) is 0 Å². The van der Waals surface area contributed by atoms with Gasteiger partial charge in [-0.3, -0.25) is 0 Å². The molecule has 0 saturated carbocycles. The highest BCUT2D eigenvalue weighted by Gasteiger charge is 2.15. The molecule has 4 nitrogen and oxygen atoms in total. The van der Waals surface area contributed by atoms with Crippen LogP contribution >= 0.6 is 22.9 Å². The number of nitrogens with one attached hydrogen (secondary N) is 1. The summed E-state index contributed by atoms with van der Waals surface area (Å²) in [4.78, 5) is 0. The fourth-order valence-corrected chi connectivity index (χ4v) is 3.34. The average molecular weight is 310 g/mol. The number of anilines is 1. The summed E-state index contributed by atoms with van der Waals surface area (Å²) < 4.78 is 5.59. The molecule has 1 aromatic carbocycles. The van der Waals surface area contributed by atoms with Crippen LogP contribution in [0.25, 0.3) is 10.6 Å². The summed E-state index contributed by atoms with van der Waals surface area (Å²) in [5.74, 6) is 0. The van der Waals surface area contributed by atoms with Crippen LogP contribution in [0.3, 0.4) is 0 Å². The number of aromatic nitrogens is 2. The van der Waals surface area contributed by atoms with Crippen molar-refractivity contribution in [1.82, 2.24) is 10.2 Å². The van der Waals surface area contributed by atoms with Crippen LogP contribution in [0, 0.1) is 0 Å². The number of nitrogens with zero attached hydrogens (tertiary/aromatic N) is 2. The fourth-order valence-electron chi connectivity index (χ4n) is 2.25. The molecular weight excluding hydrogens is 294 g/mol. The Balaban J connectivity index is 1.58. The van der Waals surface area contributed by atoms with Gasteiger partial charge in [-0.1, -0.05) is 41.1 Å². The minimum Gasteiger partial charge on any atom is -0.378 e. The van der Waals surface area contributed by atoms with E-state index in [4.69, 9.17) is 16.3 Å². The molecule has 0 radical (unpaired) electrons. The summed E-state index contributed by atoms with van der Waals surface area (Å²) in [6, 6.07) is 7.68. The average Bonchev–Trinajstić information content (AvgIpc) is 3.11. The Morgan fingerprint density at radius 1 is 1.35 bits per heavy atom. The molecule has 1 saturated heterocycles. The van der Waals surface area contributed by atoms with Crippen molar-refractivity contribution in [2.24, 2.45) is 0 Å². The van der Waals surface area contributed by atoms with Crippen LogP contribution in [0.1, 0.15) is 19.3 Å². The monoisotopic (exact) mass is 309 g/mol. The van der Waals surface area contributed by atoms with E-state index >= 15 is 0 Å². The van der Waals surface area contributed by atoms with Gasteiger partial charge in [0.15, 0.2) is 5.01 Å². The third-order valence-corrected chi connectivity index (χ3v) is 4.54. The van der Waals surface area contributed by atoms with E-state index in [9.17, 15) is 0 Å². The minimum absolute atomic E-state index is 0.401. The highest BCUT2D eigenvalue weighted by atomic mass is 35.5. The zero-order chi connectivity index (χ0) is 13.8. The summed E-state index contributed by atoms with van der Waals surface area (Å²) >= 11 is 7.68. The van der Waals surface area contributed by atoms with Crippen LogP contribution in [-0.4, -0.2) is 29.5 Å². The van der Waals surface area contributed by atoms with Gasteiger partial charge in [0.05, 0.1) is 11.1 Å². The molecule has 1 unspecified atom stereocenters. The molecule has 0 bridgehead atoms. The molecule has 2 aromatic rings. The topological polar surface area (TPSA) is 47.0 Å². The van der Waals surface area contributed by atoms with Gasteiger partial charge in [-0.15, -0.1) is 10.2 Å². The maximum atomic E-state index is 6.16. The van der Waals surface area contributed by atoms with Gasteiger partial charge in [0, 0.05) is 18.7 Å². The van der Waals surface area contributed by atoms with E-state index in [0.717, 1.165) is 35.3 Å². The zero-order valence-electron chi connectivity index (χ0n) is 11.0. The first kappa shape index (κ1) is 13.8. The second-order valence-electron chi connectivity index (χ2n) is 4.74. The first-order valence-electron chi connectivity index (χ1n) is 6.77. The van der Waals surface area contributed by atoms with Crippen LogP contribution in [0.2, 0.25) is 5.02 Å². The normalized spacial score (nSPS) is 18.4. The Morgan fingerprint density at radius 2 is 2.25 bits per heavy atom. The molecule has 0 aliphatic carbocycles. The third kappa shape index (κ3) is 3.29. The van der Waals surface area contributed by atoms with Crippen molar-refractivity contribution < 1.29 is 4.74 Å². The van der Waals surface area contributed by atoms with Gasteiger partial charge >= 0.3 is 0 Å². The van der Waals surface area contributed by atoms with Gasteiger partial charge in [-0.05, 0) is 25.3 Å². The maximum absolute atomic E-state index is 6.16. The van der Waals surface area contributed by atoms with E-state index in [1.165, 1.54) is 24.2 Å². The predicted octanol–water partition coefficient (Wildman–Crippen LogP) is 3.84. The number of rotatable bonds is 5. The molecule has 1 aromatic heterocycles. The van der Waals surface area contributed by atoms with Gasteiger partial charge in [0.1, 0.15) is 0 Å². The second-order valence-corrected chi connectivity index (χ2v) is 6.13. The molecule has 1 fully saturated rings. The number of halogens is 1. The molecule has 20 heavy (non-hydrogen) atoms. The summed E-state index contributed by atoms with van der Waals surface area (Å²) in [6.07, 6.45) is 3.77. The van der Waals surface area contributed by atoms with Crippen molar-refractivity contribution in [1.29, 1.82) is 0 Å². The van der Waals surface area contributed by atoms with Crippen molar-refractivity contribution in [3.05, 3.63) is 29.3 Å². The van der Waals surface area contributed by atoms with E-state index < -0.39 is 0 Å². The molecule has 0 spiro atoms. The zero-order valence-corrected chi connectivity index (χ0v) is 12.6. The highest BCUT2D eigenvalue weighted by Crippen LogP contribution is 2.31. The first-order chi connectivity index (χ1) is 9.83. The summed E-state index contributed by atoms with van der Waals surface area (Å²) in [5.41, 5.74) is 0.929. The highest BCUT2D eigenvalue weighted by molar-refractivity contribution is 7.18. The summed E-state index contributed by atoms with van der Waals surface area (Å²) in [5, 5.41) is 14.0. The molecule has 0 amide bonds. The SMILES string of the molecule is Clc1ccccc1-c1nnc(NCCC2CCCO2)s1. The third-order valence-electron chi connectivity index (χ3n) is 3.30. The van der Waals surface area contributed by atoms with Crippen LogP contribution in [-0.2, 0) is 4.74 Å². The Hall–Kier alpha value is -1.17. The molecule has 3 rings (SSSR count). The lowest BCUT2D eigenvalue weighted by Gasteiger charge is -2.08. The van der Waals surface area contributed by atoms with Crippen molar-refractivity contribution in [2.45, 2.75) is 25.4 Å². The van der Waals surface area contributed by atoms with E-state index in [1.807, 2.05) is 24.3 Å². The quantitative estimate of drug-likeness (QED) is 0.911. The van der Waals surface area contributed by atoms with Gasteiger partial charge in [0.25, 0.3) is 0 Å². The second kappa shape index (κ2) is 6.52. The lowest BCUT2D eigenvalue weighted by molar-refractivity contribution is 0.107. The number of ether oxygens (including phenoxy) is 1. The fraction of sp³-hybridized carbons (Fsp3) is 0.429. The van der Waals surface area contributed by atoms with Gasteiger partial charge in [-0.2, -0.15) is 0 Å². The van der Waals surface area contributed by atoms with E-state index in [-0.39, 0.29) is 0 Å². The Bertz CT molecular complexity index is 569. The summed E-state index contributed by atoms with van der Waals surface area (Å²) in [7, 11) is 0. The molecule has 2 heterocycles. The molecule has 1 N–H and O–H groups in total. The van der Waals surface area contributed by atoms with Crippen molar-refractivity contribution >= 4 is 28.1 Å². The van der Waals surface area contributed by atoms with Crippen LogP contribution in [0.5, 0.6) is 0 Å². The molecule has 1 aliphatic rings. The molecular formula is C14H16ClN3OS. The van der Waals surface area contributed by atoms with Gasteiger partial charge in [-0.25, -0.2) is 0 Å². The van der Waals surface area contributed by atoms with E-state index in [2.05, 4.69) is 15.5 Å². The molecule has 1 atom stereocenters. The number of benzene rings is 1. The van der Waals surface area contributed by atoms with Crippen LogP contribution < -0.4 is 5.32 Å². The maximum Gasteiger partial charge on any atom is 0.206 e. The van der Waals surface area contributed by atoms with E-state index in [0.29, 0.717) is 11.1 Å². The first-order valence-corrected chi connectivity index (χ1v) is 7.96. The molecule has 6 heteroatoms. The van der Waals surface area contributed by atoms with Crippen molar-refractivity contribution in [3.8, 4) is 10.6 Å². The minimum atomic E-state index is 0.401. The van der Waals surface area contributed by atoms with Crippen LogP contribution in [0.4, 0.5) is 5.13 Å². The smallest absolute Gasteiger partial charge is 0.206 e. The molecule has 106 valence electrons. The number of hydrogen-bond acceptors (Lipinski definition) is 5. The predicted molar refractivity (Wildman–Crippen MR) is 82.4 cm³/mol. The molecule has 1 aliphatic heterocycles. The lowest BCUT2D eigenvalue weighted by atomic mass is 10.2. The largest absolute Gasteiger partial charge is 0.378 e. The summed E-state index contributed by atoms with van der Waals surface area (Å²) in [6.45, 7) is 1.77. The van der Waals surface area contributed by atoms with Gasteiger partial charge < -0.3 is 10.1 Å². The Morgan fingerprint density at radius 3 is 3.05 bits per heavy atom. The van der Waals surface area contributed by atoms with Gasteiger partial charge in [0.2, 0.25) is 5.13 Å².